The summed E-state index contributed by atoms with van der Waals surface area (Å²) in [7, 11) is 0. The Labute approximate surface area is 159 Å². The summed E-state index contributed by atoms with van der Waals surface area (Å²) in [6.07, 6.45) is 4.76. The number of likely N-dealkylation sites (tertiary alicyclic amines) is 1. The average Bonchev–Trinajstić information content (AvgIpc) is 3.38. The zero-order valence-corrected chi connectivity index (χ0v) is 15.4. The molecule has 2 aromatic carbocycles. The monoisotopic (exact) mass is 360 g/mol. The molecular formula is C23H24N2O2. The lowest BCUT2D eigenvalue weighted by atomic mass is 9.72. The topological polar surface area (TPSA) is 49.4 Å². The van der Waals surface area contributed by atoms with Crippen LogP contribution >= 0.6 is 0 Å². The molecule has 0 aromatic heterocycles. The largest absolute Gasteiger partial charge is 0.334 e. The van der Waals surface area contributed by atoms with E-state index in [0.717, 1.165) is 29.2 Å². The van der Waals surface area contributed by atoms with Crippen molar-refractivity contribution in [3.05, 3.63) is 65.7 Å². The molecule has 1 N–H and O–H groups in total. The first-order valence-corrected chi connectivity index (χ1v) is 9.95. The SMILES string of the molecule is O=C(CCC1CC1)N1CCC2(C(=O)Nc3ccccc32)C1c1ccccc1. The maximum atomic E-state index is 13.2. The molecule has 1 saturated carbocycles. The summed E-state index contributed by atoms with van der Waals surface area (Å²) in [4.78, 5) is 28.3. The number of carbonyl (C=O) groups excluding carboxylic acids is 2. The highest BCUT2D eigenvalue weighted by molar-refractivity contribution is 6.07. The van der Waals surface area contributed by atoms with Crippen molar-refractivity contribution >= 4 is 17.5 Å². The van der Waals surface area contributed by atoms with Crippen LogP contribution in [0.3, 0.4) is 0 Å². The first-order chi connectivity index (χ1) is 13.2. The van der Waals surface area contributed by atoms with Gasteiger partial charge in [-0.1, -0.05) is 61.4 Å². The second-order valence-electron chi connectivity index (χ2n) is 8.10. The number of carbonyl (C=O) groups is 2. The molecule has 3 aliphatic rings. The summed E-state index contributed by atoms with van der Waals surface area (Å²) >= 11 is 0. The molecule has 27 heavy (non-hydrogen) atoms. The van der Waals surface area contributed by atoms with E-state index < -0.39 is 5.41 Å². The van der Waals surface area contributed by atoms with Gasteiger partial charge in [0.2, 0.25) is 11.8 Å². The molecule has 2 unspecified atom stereocenters. The molecule has 2 fully saturated rings. The third kappa shape index (κ3) is 2.58. The second-order valence-corrected chi connectivity index (χ2v) is 8.10. The molecule has 1 spiro atoms. The van der Waals surface area contributed by atoms with E-state index in [4.69, 9.17) is 0 Å². The maximum Gasteiger partial charge on any atom is 0.237 e. The van der Waals surface area contributed by atoms with Gasteiger partial charge in [0, 0.05) is 18.7 Å². The minimum atomic E-state index is -0.687. The smallest absolute Gasteiger partial charge is 0.237 e. The van der Waals surface area contributed by atoms with E-state index in [2.05, 4.69) is 5.32 Å². The Bertz CT molecular complexity index is 890. The zero-order valence-electron chi connectivity index (χ0n) is 15.4. The summed E-state index contributed by atoms with van der Waals surface area (Å²) in [6, 6.07) is 17.8. The van der Waals surface area contributed by atoms with Gasteiger partial charge in [-0.3, -0.25) is 9.59 Å². The molecule has 1 aliphatic carbocycles. The van der Waals surface area contributed by atoms with Gasteiger partial charge in [-0.05, 0) is 36.0 Å². The number of nitrogens with one attached hydrogen (secondary N) is 1. The van der Waals surface area contributed by atoms with E-state index in [1.54, 1.807) is 0 Å². The molecule has 2 heterocycles. The van der Waals surface area contributed by atoms with Gasteiger partial charge in [0.1, 0.15) is 5.41 Å². The van der Waals surface area contributed by atoms with E-state index in [-0.39, 0.29) is 17.9 Å². The summed E-state index contributed by atoms with van der Waals surface area (Å²) in [6.45, 7) is 0.630. The Hall–Kier alpha value is -2.62. The third-order valence-corrected chi connectivity index (χ3v) is 6.49. The molecular weight excluding hydrogens is 336 g/mol. The molecule has 138 valence electrons. The van der Waals surface area contributed by atoms with Crippen molar-refractivity contribution in [2.24, 2.45) is 5.92 Å². The number of hydrogen-bond donors (Lipinski definition) is 1. The lowest BCUT2D eigenvalue weighted by Crippen LogP contribution is -2.42. The Kier molecular flexibility index (Phi) is 3.81. The number of benzene rings is 2. The highest BCUT2D eigenvalue weighted by Gasteiger charge is 2.59. The standard InChI is InChI=1S/C23H24N2O2/c26-20(13-12-16-10-11-16)25-15-14-23(21(25)17-6-2-1-3-7-17)18-8-4-5-9-19(18)24-22(23)27/h1-9,16,21H,10-15H2,(H,24,27). The van der Waals surface area contributed by atoms with Crippen LogP contribution in [0, 0.1) is 5.92 Å². The third-order valence-electron chi connectivity index (χ3n) is 6.49. The molecule has 2 aliphatic heterocycles. The Balaban J connectivity index is 1.57. The molecule has 2 aromatic rings. The molecule has 0 radical (unpaired) electrons. The van der Waals surface area contributed by atoms with Crippen molar-refractivity contribution in [3.63, 3.8) is 0 Å². The summed E-state index contributed by atoms with van der Waals surface area (Å²) in [5.41, 5.74) is 2.27. The fraction of sp³-hybridized carbons (Fsp3) is 0.391. The van der Waals surface area contributed by atoms with E-state index in [1.165, 1.54) is 12.8 Å². The molecule has 0 bridgehead atoms. The minimum Gasteiger partial charge on any atom is -0.334 e. The Morgan fingerprint density at radius 1 is 1.07 bits per heavy atom. The summed E-state index contributed by atoms with van der Waals surface area (Å²) in [5.74, 6) is 0.941. The number of para-hydroxylation sites is 1. The van der Waals surface area contributed by atoms with E-state index >= 15 is 0 Å². The van der Waals surface area contributed by atoms with Crippen molar-refractivity contribution in [1.29, 1.82) is 0 Å². The minimum absolute atomic E-state index is 0.0232. The lowest BCUT2D eigenvalue weighted by molar-refractivity contribution is -0.133. The summed E-state index contributed by atoms with van der Waals surface area (Å²) in [5, 5.41) is 3.07. The quantitative estimate of drug-likeness (QED) is 0.894. The number of nitrogens with zero attached hydrogens (tertiary/aromatic N) is 1. The van der Waals surface area contributed by atoms with Crippen LogP contribution in [0.2, 0.25) is 0 Å². The van der Waals surface area contributed by atoms with Crippen LogP contribution in [0.4, 0.5) is 5.69 Å². The van der Waals surface area contributed by atoms with Crippen LogP contribution in [-0.2, 0) is 15.0 Å². The van der Waals surface area contributed by atoms with Crippen molar-refractivity contribution in [2.45, 2.75) is 43.6 Å². The summed E-state index contributed by atoms with van der Waals surface area (Å²) < 4.78 is 0. The Morgan fingerprint density at radius 2 is 1.81 bits per heavy atom. The molecule has 4 heteroatoms. The number of anilines is 1. The predicted octanol–water partition coefficient (Wildman–Crippen LogP) is 4.04. The van der Waals surface area contributed by atoms with Gasteiger partial charge < -0.3 is 10.2 Å². The van der Waals surface area contributed by atoms with Gasteiger partial charge in [-0.15, -0.1) is 0 Å². The number of fused-ring (bicyclic) bond motifs is 2. The lowest BCUT2D eigenvalue weighted by Gasteiger charge is -2.34. The van der Waals surface area contributed by atoms with Crippen LogP contribution in [0.25, 0.3) is 0 Å². The first kappa shape index (κ1) is 16.5. The van der Waals surface area contributed by atoms with Gasteiger partial charge in [-0.2, -0.15) is 0 Å². The number of hydrogen-bond acceptors (Lipinski definition) is 2. The molecule has 5 rings (SSSR count). The highest BCUT2D eigenvalue weighted by atomic mass is 16.2. The van der Waals surface area contributed by atoms with Crippen LogP contribution in [0.5, 0.6) is 0 Å². The maximum absolute atomic E-state index is 13.2. The van der Waals surface area contributed by atoms with Crippen LogP contribution in [0.15, 0.2) is 54.6 Å². The normalized spacial score (nSPS) is 26.3. The van der Waals surface area contributed by atoms with Gasteiger partial charge in [0.05, 0.1) is 6.04 Å². The number of rotatable bonds is 4. The number of amides is 2. The van der Waals surface area contributed by atoms with Crippen LogP contribution in [-0.4, -0.2) is 23.3 Å². The van der Waals surface area contributed by atoms with Crippen LogP contribution in [0.1, 0.15) is 49.3 Å². The van der Waals surface area contributed by atoms with Crippen molar-refractivity contribution in [2.75, 3.05) is 11.9 Å². The van der Waals surface area contributed by atoms with Crippen molar-refractivity contribution in [3.8, 4) is 0 Å². The van der Waals surface area contributed by atoms with Crippen molar-refractivity contribution in [1.82, 2.24) is 4.90 Å². The first-order valence-electron chi connectivity index (χ1n) is 9.95. The van der Waals surface area contributed by atoms with Gasteiger partial charge in [0.25, 0.3) is 0 Å². The highest BCUT2D eigenvalue weighted by Crippen LogP contribution is 2.54. The molecule has 4 nitrogen and oxygen atoms in total. The van der Waals surface area contributed by atoms with Crippen molar-refractivity contribution < 1.29 is 9.59 Å². The van der Waals surface area contributed by atoms with Gasteiger partial charge in [-0.25, -0.2) is 0 Å². The molecule has 2 atom stereocenters. The fourth-order valence-electron chi connectivity index (χ4n) is 4.93. The predicted molar refractivity (Wildman–Crippen MR) is 104 cm³/mol. The van der Waals surface area contributed by atoms with E-state index in [0.29, 0.717) is 19.4 Å². The van der Waals surface area contributed by atoms with Gasteiger partial charge in [0.15, 0.2) is 0 Å². The van der Waals surface area contributed by atoms with Crippen LogP contribution < -0.4 is 5.32 Å². The average molecular weight is 360 g/mol. The van der Waals surface area contributed by atoms with E-state index in [9.17, 15) is 9.59 Å². The fourth-order valence-corrected chi connectivity index (χ4v) is 4.93. The second kappa shape index (κ2) is 6.22. The van der Waals surface area contributed by atoms with Gasteiger partial charge >= 0.3 is 0 Å². The van der Waals surface area contributed by atoms with E-state index in [1.807, 2.05) is 59.5 Å². The zero-order chi connectivity index (χ0) is 18.4. The molecule has 2 amide bonds. The Morgan fingerprint density at radius 3 is 2.59 bits per heavy atom. The molecule has 1 saturated heterocycles.